The third kappa shape index (κ3) is 2.12. The largest absolute Gasteiger partial charge is 0.293 e. The highest BCUT2D eigenvalue weighted by atomic mass is 16.2. The lowest BCUT2D eigenvalue weighted by molar-refractivity contribution is -0.140. The van der Waals surface area contributed by atoms with Gasteiger partial charge in [0, 0.05) is 0 Å². The van der Waals surface area contributed by atoms with E-state index in [4.69, 9.17) is 0 Å². The number of carbonyl (C=O) groups is 2. The van der Waals surface area contributed by atoms with Gasteiger partial charge in [0.25, 0.3) is 0 Å². The maximum atomic E-state index is 11.6. The standard InChI is InChI=1S/C10H18N2O2/c1-6(2)5-10(4)9(14)11-8(13)7(3)12-10/h6-7,12H,5H2,1-4H3,(H,11,13,14). The monoisotopic (exact) mass is 198 g/mol. The zero-order valence-corrected chi connectivity index (χ0v) is 9.18. The van der Waals surface area contributed by atoms with Crippen LogP contribution in [0.4, 0.5) is 0 Å². The molecular weight excluding hydrogens is 180 g/mol. The molecular formula is C10H18N2O2. The van der Waals surface area contributed by atoms with Crippen LogP contribution in [0.2, 0.25) is 0 Å². The normalized spacial score (nSPS) is 33.4. The SMILES string of the molecule is CC(C)CC1(C)NC(C)C(=O)NC1=O. The maximum absolute atomic E-state index is 11.6. The van der Waals surface area contributed by atoms with Gasteiger partial charge in [-0.1, -0.05) is 13.8 Å². The van der Waals surface area contributed by atoms with E-state index >= 15 is 0 Å². The summed E-state index contributed by atoms with van der Waals surface area (Å²) >= 11 is 0. The van der Waals surface area contributed by atoms with Gasteiger partial charge in [-0.3, -0.25) is 20.2 Å². The molecule has 1 aliphatic heterocycles. The van der Waals surface area contributed by atoms with E-state index in [0.717, 1.165) is 6.42 Å². The Morgan fingerprint density at radius 2 is 2.00 bits per heavy atom. The third-order valence-corrected chi connectivity index (χ3v) is 2.48. The van der Waals surface area contributed by atoms with E-state index in [9.17, 15) is 9.59 Å². The molecule has 1 aliphatic rings. The fraction of sp³-hybridized carbons (Fsp3) is 0.800. The van der Waals surface area contributed by atoms with Gasteiger partial charge in [-0.2, -0.15) is 0 Å². The lowest BCUT2D eigenvalue weighted by atomic mass is 9.87. The molecule has 0 radical (unpaired) electrons. The van der Waals surface area contributed by atoms with E-state index in [0.29, 0.717) is 5.92 Å². The molecule has 0 aliphatic carbocycles. The second-order valence-electron chi connectivity index (χ2n) is 4.61. The van der Waals surface area contributed by atoms with Gasteiger partial charge in [-0.15, -0.1) is 0 Å². The van der Waals surface area contributed by atoms with E-state index in [-0.39, 0.29) is 17.9 Å². The number of piperazine rings is 1. The summed E-state index contributed by atoms with van der Waals surface area (Å²) < 4.78 is 0. The van der Waals surface area contributed by atoms with Crippen LogP contribution in [0.25, 0.3) is 0 Å². The zero-order valence-electron chi connectivity index (χ0n) is 9.18. The van der Waals surface area contributed by atoms with Crippen molar-refractivity contribution in [3.8, 4) is 0 Å². The second-order valence-corrected chi connectivity index (χ2v) is 4.61. The summed E-state index contributed by atoms with van der Waals surface area (Å²) in [7, 11) is 0. The molecule has 0 saturated carbocycles. The highest BCUT2D eigenvalue weighted by Crippen LogP contribution is 2.20. The van der Waals surface area contributed by atoms with Crippen LogP contribution in [-0.4, -0.2) is 23.4 Å². The number of nitrogens with one attached hydrogen (secondary N) is 2. The Labute approximate surface area is 84.4 Å². The van der Waals surface area contributed by atoms with E-state index in [1.807, 2.05) is 6.92 Å². The molecule has 0 spiro atoms. The van der Waals surface area contributed by atoms with Crippen LogP contribution in [0.3, 0.4) is 0 Å². The molecule has 1 heterocycles. The lowest BCUT2D eigenvalue weighted by Gasteiger charge is -2.37. The van der Waals surface area contributed by atoms with Gasteiger partial charge >= 0.3 is 0 Å². The summed E-state index contributed by atoms with van der Waals surface area (Å²) in [6.07, 6.45) is 0.733. The first-order valence-corrected chi connectivity index (χ1v) is 4.98. The van der Waals surface area contributed by atoms with Crippen LogP contribution >= 0.6 is 0 Å². The van der Waals surface area contributed by atoms with Crippen molar-refractivity contribution in [2.24, 2.45) is 5.92 Å². The molecule has 0 aromatic carbocycles. The molecule has 2 unspecified atom stereocenters. The van der Waals surface area contributed by atoms with Gasteiger partial charge in [-0.25, -0.2) is 0 Å². The lowest BCUT2D eigenvalue weighted by Crippen LogP contribution is -2.67. The number of hydrogen-bond donors (Lipinski definition) is 2. The zero-order chi connectivity index (χ0) is 10.9. The predicted molar refractivity (Wildman–Crippen MR) is 53.6 cm³/mol. The number of carbonyl (C=O) groups excluding carboxylic acids is 2. The Balaban J connectivity index is 2.78. The van der Waals surface area contributed by atoms with Gasteiger partial charge in [0.05, 0.1) is 11.6 Å². The van der Waals surface area contributed by atoms with E-state index in [1.54, 1.807) is 6.92 Å². The van der Waals surface area contributed by atoms with Crippen LogP contribution in [0.1, 0.15) is 34.1 Å². The van der Waals surface area contributed by atoms with Gasteiger partial charge in [-0.05, 0) is 26.2 Å². The Hall–Kier alpha value is -0.900. The second kappa shape index (κ2) is 3.69. The molecule has 0 aromatic heterocycles. The van der Waals surface area contributed by atoms with Crippen molar-refractivity contribution < 1.29 is 9.59 Å². The minimum Gasteiger partial charge on any atom is -0.293 e. The van der Waals surface area contributed by atoms with Crippen molar-refractivity contribution in [1.82, 2.24) is 10.6 Å². The Morgan fingerprint density at radius 1 is 1.43 bits per heavy atom. The Morgan fingerprint density at radius 3 is 2.50 bits per heavy atom. The van der Waals surface area contributed by atoms with Crippen LogP contribution < -0.4 is 10.6 Å². The molecule has 2 N–H and O–H groups in total. The van der Waals surface area contributed by atoms with Crippen LogP contribution in [0.15, 0.2) is 0 Å². The fourth-order valence-corrected chi connectivity index (χ4v) is 1.94. The molecule has 1 fully saturated rings. The summed E-state index contributed by atoms with van der Waals surface area (Å²) in [6, 6.07) is -0.295. The highest BCUT2D eigenvalue weighted by Gasteiger charge is 2.41. The minimum absolute atomic E-state index is 0.214. The van der Waals surface area contributed by atoms with Crippen molar-refractivity contribution in [2.45, 2.75) is 45.7 Å². The summed E-state index contributed by atoms with van der Waals surface area (Å²) in [5.41, 5.74) is -0.610. The Bertz CT molecular complexity index is 263. The molecule has 2 amide bonds. The molecule has 4 nitrogen and oxygen atoms in total. The number of imide groups is 1. The molecule has 1 rings (SSSR count). The van der Waals surface area contributed by atoms with E-state index in [2.05, 4.69) is 24.5 Å². The van der Waals surface area contributed by atoms with Crippen LogP contribution in [0.5, 0.6) is 0 Å². The molecule has 80 valence electrons. The maximum Gasteiger partial charge on any atom is 0.246 e. The third-order valence-electron chi connectivity index (χ3n) is 2.48. The average molecular weight is 198 g/mol. The molecule has 0 aromatic rings. The van der Waals surface area contributed by atoms with E-state index in [1.165, 1.54) is 0 Å². The minimum atomic E-state index is -0.610. The van der Waals surface area contributed by atoms with Gasteiger partial charge in [0.15, 0.2) is 0 Å². The van der Waals surface area contributed by atoms with Gasteiger partial charge < -0.3 is 0 Å². The molecule has 2 atom stereocenters. The van der Waals surface area contributed by atoms with Crippen molar-refractivity contribution in [3.63, 3.8) is 0 Å². The highest BCUT2D eigenvalue weighted by molar-refractivity contribution is 6.04. The summed E-state index contributed by atoms with van der Waals surface area (Å²) in [6.45, 7) is 7.72. The molecule has 14 heavy (non-hydrogen) atoms. The Kier molecular flexibility index (Phi) is 2.95. The summed E-state index contributed by atoms with van der Waals surface area (Å²) in [4.78, 5) is 22.8. The van der Waals surface area contributed by atoms with Crippen molar-refractivity contribution in [1.29, 1.82) is 0 Å². The quantitative estimate of drug-likeness (QED) is 0.632. The molecule has 4 heteroatoms. The van der Waals surface area contributed by atoms with Gasteiger partial charge in [0.1, 0.15) is 0 Å². The van der Waals surface area contributed by atoms with Crippen LogP contribution in [-0.2, 0) is 9.59 Å². The van der Waals surface area contributed by atoms with Crippen molar-refractivity contribution >= 4 is 11.8 Å². The average Bonchev–Trinajstić information content (AvgIpc) is 1.99. The first kappa shape index (κ1) is 11.2. The topological polar surface area (TPSA) is 58.2 Å². The number of rotatable bonds is 2. The number of amides is 2. The predicted octanol–water partition coefficient (Wildman–Crippen LogP) is 0.426. The fourth-order valence-electron chi connectivity index (χ4n) is 1.94. The van der Waals surface area contributed by atoms with Crippen LogP contribution in [0, 0.1) is 5.92 Å². The van der Waals surface area contributed by atoms with Crippen molar-refractivity contribution in [2.75, 3.05) is 0 Å². The van der Waals surface area contributed by atoms with E-state index < -0.39 is 5.54 Å². The number of hydrogen-bond acceptors (Lipinski definition) is 3. The summed E-state index contributed by atoms with van der Waals surface area (Å²) in [5.74, 6) is -0.0378. The first-order chi connectivity index (χ1) is 6.35. The first-order valence-electron chi connectivity index (χ1n) is 4.98. The summed E-state index contributed by atoms with van der Waals surface area (Å²) in [5, 5.41) is 5.45. The van der Waals surface area contributed by atoms with Crippen molar-refractivity contribution in [3.05, 3.63) is 0 Å². The molecule has 1 saturated heterocycles. The van der Waals surface area contributed by atoms with Gasteiger partial charge in [0.2, 0.25) is 11.8 Å². The molecule has 0 bridgehead atoms. The smallest absolute Gasteiger partial charge is 0.246 e.